The minimum absolute atomic E-state index is 0.0745. The van der Waals surface area contributed by atoms with Crippen molar-refractivity contribution in [2.45, 2.75) is 37.4 Å². The Bertz CT molecular complexity index is 658. The normalized spacial score (nSPS) is 28.1. The maximum absolute atomic E-state index is 13.2. The summed E-state index contributed by atoms with van der Waals surface area (Å²) in [4.78, 5) is 4.42. The summed E-state index contributed by atoms with van der Waals surface area (Å²) in [6.07, 6.45) is 3.69. The van der Waals surface area contributed by atoms with Crippen molar-refractivity contribution < 1.29 is 13.7 Å². The number of halogens is 1. The molecule has 2 N–H and O–H groups in total. The highest BCUT2D eigenvalue weighted by molar-refractivity contribution is 5.60. The number of hydrogen-bond acceptors (Lipinski definition) is 5. The molecule has 2 bridgehead atoms. The van der Waals surface area contributed by atoms with Crippen LogP contribution in [0.1, 0.15) is 31.0 Å². The van der Waals surface area contributed by atoms with E-state index in [0.717, 1.165) is 19.3 Å². The third kappa shape index (κ3) is 1.79. The molecule has 2 saturated heterocycles. The van der Waals surface area contributed by atoms with E-state index >= 15 is 0 Å². The molecule has 0 spiro atoms. The van der Waals surface area contributed by atoms with Gasteiger partial charge in [0.1, 0.15) is 5.82 Å². The van der Waals surface area contributed by atoms with Gasteiger partial charge in [0, 0.05) is 5.56 Å². The van der Waals surface area contributed by atoms with Gasteiger partial charge < -0.3 is 15.0 Å². The van der Waals surface area contributed by atoms with E-state index in [4.69, 9.17) is 15.0 Å². The van der Waals surface area contributed by atoms with E-state index < -0.39 is 5.82 Å². The molecule has 3 unspecified atom stereocenters. The van der Waals surface area contributed by atoms with Crippen LogP contribution in [-0.4, -0.2) is 22.3 Å². The van der Waals surface area contributed by atoms with Crippen molar-refractivity contribution in [1.82, 2.24) is 10.1 Å². The Balaban J connectivity index is 1.63. The first-order chi connectivity index (χ1) is 9.70. The fourth-order valence-electron chi connectivity index (χ4n) is 3.09. The van der Waals surface area contributed by atoms with Gasteiger partial charge in [-0.25, -0.2) is 4.39 Å². The highest BCUT2D eigenvalue weighted by Gasteiger charge is 2.43. The van der Waals surface area contributed by atoms with Crippen molar-refractivity contribution in [3.63, 3.8) is 0 Å². The summed E-state index contributed by atoms with van der Waals surface area (Å²) in [7, 11) is 0. The predicted molar refractivity (Wildman–Crippen MR) is 69.4 cm³/mol. The number of fused-ring (bicyclic) bond motifs is 2. The van der Waals surface area contributed by atoms with E-state index in [1.54, 1.807) is 6.07 Å². The second-order valence-electron chi connectivity index (χ2n) is 5.41. The van der Waals surface area contributed by atoms with Crippen molar-refractivity contribution >= 4 is 5.69 Å². The lowest BCUT2D eigenvalue weighted by molar-refractivity contribution is 0.0996. The van der Waals surface area contributed by atoms with Gasteiger partial charge in [-0.1, -0.05) is 5.16 Å². The van der Waals surface area contributed by atoms with Gasteiger partial charge >= 0.3 is 0 Å². The Morgan fingerprint density at radius 1 is 1.30 bits per heavy atom. The molecular formula is C14H14FN3O2. The van der Waals surface area contributed by atoms with Crippen molar-refractivity contribution in [3.8, 4) is 11.5 Å². The number of rotatable bonds is 2. The summed E-state index contributed by atoms with van der Waals surface area (Å²) >= 11 is 0. The highest BCUT2D eigenvalue weighted by atomic mass is 19.1. The number of benzene rings is 1. The van der Waals surface area contributed by atoms with Crippen LogP contribution >= 0.6 is 0 Å². The van der Waals surface area contributed by atoms with Gasteiger partial charge in [-0.3, -0.25) is 0 Å². The van der Waals surface area contributed by atoms with Crippen LogP contribution < -0.4 is 5.73 Å². The zero-order chi connectivity index (χ0) is 13.7. The Kier molecular flexibility index (Phi) is 2.53. The SMILES string of the molecule is Nc1cc(-c2nc(C3CC4CCC3O4)no2)ccc1F. The van der Waals surface area contributed by atoms with Crippen LogP contribution in [0.4, 0.5) is 10.1 Å². The quantitative estimate of drug-likeness (QED) is 0.852. The van der Waals surface area contributed by atoms with E-state index in [9.17, 15) is 4.39 Å². The molecule has 4 rings (SSSR count). The zero-order valence-corrected chi connectivity index (χ0v) is 10.8. The standard InChI is InChI=1S/C14H14FN3O2/c15-10-3-1-7(5-11(10)16)14-17-13(18-20-14)9-6-8-2-4-12(9)19-8/h1,3,5,8-9,12H,2,4,6,16H2. The zero-order valence-electron chi connectivity index (χ0n) is 10.8. The lowest BCUT2D eigenvalue weighted by atomic mass is 9.89. The van der Waals surface area contributed by atoms with E-state index in [2.05, 4.69) is 10.1 Å². The second kappa shape index (κ2) is 4.28. The molecule has 20 heavy (non-hydrogen) atoms. The van der Waals surface area contributed by atoms with E-state index in [1.165, 1.54) is 12.1 Å². The van der Waals surface area contributed by atoms with Gasteiger partial charge in [0.15, 0.2) is 5.82 Å². The largest absolute Gasteiger partial charge is 0.396 e. The molecule has 2 aromatic rings. The summed E-state index contributed by atoms with van der Waals surface area (Å²) in [5.41, 5.74) is 6.26. The molecule has 3 heterocycles. The van der Waals surface area contributed by atoms with Crippen molar-refractivity contribution in [3.05, 3.63) is 29.8 Å². The number of nitrogen functional groups attached to an aromatic ring is 1. The van der Waals surface area contributed by atoms with E-state index in [1.807, 2.05) is 0 Å². The summed E-state index contributed by atoms with van der Waals surface area (Å²) < 4.78 is 24.2. The molecule has 5 nitrogen and oxygen atoms in total. The molecule has 104 valence electrons. The first-order valence-corrected chi connectivity index (χ1v) is 6.75. The Labute approximate surface area is 114 Å². The second-order valence-corrected chi connectivity index (χ2v) is 5.41. The molecule has 2 fully saturated rings. The molecule has 3 atom stereocenters. The van der Waals surface area contributed by atoms with Crippen LogP contribution in [0.15, 0.2) is 22.7 Å². The summed E-state index contributed by atoms with van der Waals surface area (Å²) in [6.45, 7) is 0. The lowest BCUT2D eigenvalue weighted by Gasteiger charge is -2.13. The lowest BCUT2D eigenvalue weighted by Crippen LogP contribution is -2.15. The third-order valence-electron chi connectivity index (χ3n) is 4.12. The fourth-order valence-corrected chi connectivity index (χ4v) is 3.09. The number of aromatic nitrogens is 2. The number of ether oxygens (including phenoxy) is 1. The smallest absolute Gasteiger partial charge is 0.258 e. The van der Waals surface area contributed by atoms with Crippen molar-refractivity contribution in [2.24, 2.45) is 0 Å². The Hall–Kier alpha value is -1.95. The first-order valence-electron chi connectivity index (χ1n) is 6.75. The molecule has 0 saturated carbocycles. The van der Waals surface area contributed by atoms with Crippen LogP contribution in [0.5, 0.6) is 0 Å². The number of nitrogens with two attached hydrogens (primary N) is 1. The third-order valence-corrected chi connectivity index (χ3v) is 4.12. The summed E-state index contributed by atoms with van der Waals surface area (Å²) in [5.74, 6) is 0.809. The number of nitrogens with zero attached hydrogens (tertiary/aromatic N) is 2. The fraction of sp³-hybridized carbons (Fsp3) is 0.429. The average Bonchev–Trinajstić information content (AvgIpc) is 3.16. The van der Waals surface area contributed by atoms with Crippen LogP contribution in [0.25, 0.3) is 11.5 Å². The van der Waals surface area contributed by atoms with Gasteiger partial charge in [-0.15, -0.1) is 0 Å². The monoisotopic (exact) mass is 275 g/mol. The van der Waals surface area contributed by atoms with Crippen LogP contribution in [0.3, 0.4) is 0 Å². The van der Waals surface area contributed by atoms with Crippen LogP contribution in [0.2, 0.25) is 0 Å². The van der Waals surface area contributed by atoms with Gasteiger partial charge in [0.2, 0.25) is 0 Å². The highest BCUT2D eigenvalue weighted by Crippen LogP contribution is 2.43. The molecule has 0 radical (unpaired) electrons. The Morgan fingerprint density at radius 3 is 2.90 bits per heavy atom. The predicted octanol–water partition coefficient (Wildman–Crippen LogP) is 2.49. The van der Waals surface area contributed by atoms with Gasteiger partial charge in [-0.2, -0.15) is 4.98 Å². The molecule has 2 aliphatic heterocycles. The maximum atomic E-state index is 13.2. The van der Waals surface area contributed by atoms with Gasteiger partial charge in [0.05, 0.1) is 23.8 Å². The number of anilines is 1. The minimum Gasteiger partial charge on any atom is -0.396 e. The van der Waals surface area contributed by atoms with Crippen molar-refractivity contribution in [1.29, 1.82) is 0 Å². The molecule has 0 aliphatic carbocycles. The molecule has 1 aromatic carbocycles. The molecule has 6 heteroatoms. The average molecular weight is 275 g/mol. The molecule has 1 aromatic heterocycles. The molecular weight excluding hydrogens is 261 g/mol. The van der Waals surface area contributed by atoms with Gasteiger partial charge in [0.25, 0.3) is 5.89 Å². The topological polar surface area (TPSA) is 74.2 Å². The minimum atomic E-state index is -0.449. The molecule has 2 aliphatic rings. The first kappa shape index (κ1) is 11.8. The maximum Gasteiger partial charge on any atom is 0.258 e. The van der Waals surface area contributed by atoms with Crippen LogP contribution in [-0.2, 0) is 4.74 Å². The number of hydrogen-bond donors (Lipinski definition) is 1. The molecule has 0 amide bonds. The van der Waals surface area contributed by atoms with E-state index in [0.29, 0.717) is 23.4 Å². The van der Waals surface area contributed by atoms with E-state index in [-0.39, 0.29) is 17.7 Å². The summed E-state index contributed by atoms with van der Waals surface area (Å²) in [5, 5.41) is 4.04. The van der Waals surface area contributed by atoms with Crippen molar-refractivity contribution in [2.75, 3.05) is 5.73 Å². The van der Waals surface area contributed by atoms with Gasteiger partial charge in [-0.05, 0) is 37.5 Å². The van der Waals surface area contributed by atoms with Crippen LogP contribution in [0, 0.1) is 5.82 Å². The Morgan fingerprint density at radius 2 is 2.20 bits per heavy atom. The summed E-state index contributed by atoms with van der Waals surface area (Å²) in [6, 6.07) is 4.39.